The van der Waals surface area contributed by atoms with E-state index in [-0.39, 0.29) is 6.54 Å². The maximum Gasteiger partial charge on any atom is 0.407 e. The van der Waals surface area contributed by atoms with Crippen molar-refractivity contribution in [1.82, 2.24) is 10.3 Å². The van der Waals surface area contributed by atoms with Crippen molar-refractivity contribution in [3.05, 3.63) is 40.0 Å². The SMILES string of the molecule is CC(C)(C)OC(=O)NCc1ccc(CN=[N+]=[N-])nc1. The minimum Gasteiger partial charge on any atom is -0.444 e. The number of alkyl carbamates (subject to hydrolysis) is 1. The van der Waals surface area contributed by atoms with E-state index in [4.69, 9.17) is 10.3 Å². The number of aromatic nitrogens is 1. The van der Waals surface area contributed by atoms with Crippen molar-refractivity contribution < 1.29 is 9.53 Å². The van der Waals surface area contributed by atoms with Gasteiger partial charge in [0.2, 0.25) is 0 Å². The zero-order chi connectivity index (χ0) is 14.3. The van der Waals surface area contributed by atoms with Crippen molar-refractivity contribution >= 4 is 6.09 Å². The molecule has 19 heavy (non-hydrogen) atoms. The second-order valence-electron chi connectivity index (χ2n) is 4.90. The predicted octanol–water partition coefficient (Wildman–Crippen LogP) is 2.92. The monoisotopic (exact) mass is 263 g/mol. The summed E-state index contributed by atoms with van der Waals surface area (Å²) in [6.45, 7) is 5.97. The quantitative estimate of drug-likeness (QED) is 0.513. The number of carbonyl (C=O) groups excluding carboxylic acids is 1. The van der Waals surface area contributed by atoms with Crippen LogP contribution in [0, 0.1) is 0 Å². The Morgan fingerprint density at radius 2 is 2.26 bits per heavy atom. The van der Waals surface area contributed by atoms with Crippen molar-refractivity contribution in [1.29, 1.82) is 0 Å². The van der Waals surface area contributed by atoms with E-state index in [9.17, 15) is 4.79 Å². The first-order valence-corrected chi connectivity index (χ1v) is 5.82. The summed E-state index contributed by atoms with van der Waals surface area (Å²) >= 11 is 0. The molecule has 1 heterocycles. The number of rotatable bonds is 4. The summed E-state index contributed by atoms with van der Waals surface area (Å²) < 4.78 is 5.11. The maximum atomic E-state index is 11.4. The third kappa shape index (κ3) is 6.28. The molecule has 0 spiro atoms. The van der Waals surface area contributed by atoms with Gasteiger partial charge in [0.05, 0.1) is 6.54 Å². The number of pyridine rings is 1. The average Bonchev–Trinajstić information content (AvgIpc) is 2.33. The predicted molar refractivity (Wildman–Crippen MR) is 70.2 cm³/mol. The molecule has 0 aliphatic carbocycles. The van der Waals surface area contributed by atoms with Gasteiger partial charge >= 0.3 is 6.09 Å². The fourth-order valence-electron chi connectivity index (χ4n) is 1.25. The van der Waals surface area contributed by atoms with Crippen LogP contribution in [0.15, 0.2) is 23.4 Å². The minimum atomic E-state index is -0.512. The smallest absolute Gasteiger partial charge is 0.407 e. The maximum absolute atomic E-state index is 11.4. The molecular weight excluding hydrogens is 246 g/mol. The molecule has 0 saturated heterocycles. The van der Waals surface area contributed by atoms with Gasteiger partial charge in [0.1, 0.15) is 5.60 Å². The molecule has 1 N–H and O–H groups in total. The number of nitrogens with one attached hydrogen (secondary N) is 1. The first kappa shape index (κ1) is 14.8. The molecule has 0 aliphatic heterocycles. The van der Waals surface area contributed by atoms with Crippen LogP contribution in [0.25, 0.3) is 10.4 Å². The molecule has 0 aliphatic rings. The lowest BCUT2D eigenvalue weighted by Gasteiger charge is -2.19. The van der Waals surface area contributed by atoms with Gasteiger partial charge in [-0.15, -0.1) is 0 Å². The van der Waals surface area contributed by atoms with E-state index in [1.807, 2.05) is 6.07 Å². The lowest BCUT2D eigenvalue weighted by atomic mass is 10.2. The molecule has 1 aromatic rings. The summed E-state index contributed by atoms with van der Waals surface area (Å²) in [5.74, 6) is 0. The summed E-state index contributed by atoms with van der Waals surface area (Å²) in [6, 6.07) is 3.56. The normalized spacial score (nSPS) is 10.5. The highest BCUT2D eigenvalue weighted by Crippen LogP contribution is 2.07. The summed E-state index contributed by atoms with van der Waals surface area (Å²) in [5, 5.41) is 6.05. The van der Waals surface area contributed by atoms with Crippen molar-refractivity contribution in [2.45, 2.75) is 39.5 Å². The van der Waals surface area contributed by atoms with Crippen LogP contribution >= 0.6 is 0 Å². The Kier molecular flexibility index (Phi) is 5.14. The van der Waals surface area contributed by atoms with Gasteiger partial charge in [-0.2, -0.15) is 0 Å². The Balaban J connectivity index is 2.45. The molecule has 0 fully saturated rings. The number of ether oxygens (including phenoxy) is 1. The standard InChI is InChI=1S/C12H17N5O2/c1-12(2,3)19-11(18)15-7-9-4-5-10(14-6-9)8-16-17-13/h4-6H,7-8H2,1-3H3,(H,15,18). The van der Waals surface area contributed by atoms with Crippen molar-refractivity contribution in [2.75, 3.05) is 0 Å². The van der Waals surface area contributed by atoms with Crippen LogP contribution in [-0.2, 0) is 17.8 Å². The molecule has 0 aromatic carbocycles. The number of nitrogens with zero attached hydrogens (tertiary/aromatic N) is 4. The first-order valence-electron chi connectivity index (χ1n) is 5.82. The Morgan fingerprint density at radius 1 is 1.53 bits per heavy atom. The lowest BCUT2D eigenvalue weighted by Crippen LogP contribution is -2.32. The first-order chi connectivity index (χ1) is 8.90. The molecule has 1 amide bonds. The number of hydrogen-bond acceptors (Lipinski definition) is 4. The van der Waals surface area contributed by atoms with Crippen molar-refractivity contribution in [3.8, 4) is 0 Å². The van der Waals surface area contributed by atoms with Crippen LogP contribution in [0.4, 0.5) is 4.79 Å². The fourth-order valence-corrected chi connectivity index (χ4v) is 1.25. The van der Waals surface area contributed by atoms with E-state index >= 15 is 0 Å². The van der Waals surface area contributed by atoms with Crippen LogP contribution in [0.3, 0.4) is 0 Å². The lowest BCUT2D eigenvalue weighted by molar-refractivity contribution is 0.0523. The number of carbonyl (C=O) groups is 1. The van der Waals surface area contributed by atoms with E-state index in [1.165, 1.54) is 0 Å². The van der Waals surface area contributed by atoms with Crippen molar-refractivity contribution in [3.63, 3.8) is 0 Å². The van der Waals surface area contributed by atoms with Crippen LogP contribution in [0.5, 0.6) is 0 Å². The van der Waals surface area contributed by atoms with Gasteiger partial charge in [-0.1, -0.05) is 11.2 Å². The van der Waals surface area contributed by atoms with Gasteiger partial charge in [-0.05, 0) is 37.9 Å². The summed E-state index contributed by atoms with van der Waals surface area (Å²) in [5.41, 5.74) is 9.20. The van der Waals surface area contributed by atoms with Crippen LogP contribution in [0.1, 0.15) is 32.0 Å². The molecule has 1 rings (SSSR count). The Hall–Kier alpha value is -2.27. The van der Waals surface area contributed by atoms with Crippen LogP contribution in [0.2, 0.25) is 0 Å². The highest BCUT2D eigenvalue weighted by molar-refractivity contribution is 5.67. The largest absolute Gasteiger partial charge is 0.444 e. The van der Waals surface area contributed by atoms with E-state index in [0.717, 1.165) is 5.56 Å². The van der Waals surface area contributed by atoms with E-state index in [2.05, 4.69) is 20.3 Å². The zero-order valence-corrected chi connectivity index (χ0v) is 11.3. The highest BCUT2D eigenvalue weighted by Gasteiger charge is 2.15. The molecule has 0 atom stereocenters. The zero-order valence-electron chi connectivity index (χ0n) is 11.3. The van der Waals surface area contributed by atoms with Gasteiger partial charge in [0.15, 0.2) is 0 Å². The molecule has 0 radical (unpaired) electrons. The molecule has 1 aromatic heterocycles. The average molecular weight is 263 g/mol. The van der Waals surface area contributed by atoms with E-state index in [0.29, 0.717) is 12.2 Å². The summed E-state index contributed by atoms with van der Waals surface area (Å²) in [6.07, 6.45) is 1.16. The molecule has 102 valence electrons. The Bertz CT molecular complexity index is 472. The molecule has 0 bridgehead atoms. The molecule has 7 heteroatoms. The molecule has 0 saturated carbocycles. The Morgan fingerprint density at radius 3 is 2.79 bits per heavy atom. The van der Waals surface area contributed by atoms with Gasteiger partial charge in [-0.3, -0.25) is 4.98 Å². The summed E-state index contributed by atoms with van der Waals surface area (Å²) in [7, 11) is 0. The summed E-state index contributed by atoms with van der Waals surface area (Å²) in [4.78, 5) is 18.2. The van der Waals surface area contributed by atoms with Crippen LogP contribution < -0.4 is 5.32 Å². The van der Waals surface area contributed by atoms with Crippen LogP contribution in [-0.4, -0.2) is 16.7 Å². The van der Waals surface area contributed by atoms with Gasteiger partial charge in [-0.25, -0.2) is 4.79 Å². The number of azide groups is 1. The number of hydrogen-bond donors (Lipinski definition) is 1. The van der Waals surface area contributed by atoms with Gasteiger partial charge in [0, 0.05) is 23.3 Å². The molecule has 0 unspecified atom stereocenters. The second kappa shape index (κ2) is 6.61. The highest BCUT2D eigenvalue weighted by atomic mass is 16.6. The topological polar surface area (TPSA) is 100.0 Å². The van der Waals surface area contributed by atoms with Gasteiger partial charge in [0.25, 0.3) is 0 Å². The third-order valence-electron chi connectivity index (χ3n) is 2.02. The molecule has 7 nitrogen and oxygen atoms in total. The minimum absolute atomic E-state index is 0.219. The molecular formula is C12H17N5O2. The Labute approximate surface area is 111 Å². The van der Waals surface area contributed by atoms with E-state index < -0.39 is 11.7 Å². The number of amides is 1. The second-order valence-corrected chi connectivity index (χ2v) is 4.90. The fraction of sp³-hybridized carbons (Fsp3) is 0.500. The van der Waals surface area contributed by atoms with Crippen molar-refractivity contribution in [2.24, 2.45) is 5.11 Å². The third-order valence-corrected chi connectivity index (χ3v) is 2.02. The van der Waals surface area contributed by atoms with Gasteiger partial charge < -0.3 is 10.1 Å². The van der Waals surface area contributed by atoms with E-state index in [1.54, 1.807) is 33.0 Å².